The highest BCUT2D eigenvalue weighted by atomic mass is 16.1. The van der Waals surface area contributed by atoms with E-state index in [-0.39, 0.29) is 6.04 Å². The maximum atomic E-state index is 11.8. The lowest BCUT2D eigenvalue weighted by Crippen LogP contribution is -2.43. The fraction of sp³-hybridized carbons (Fsp3) is 0.412. The Morgan fingerprint density at radius 2 is 2.15 bits per heavy atom. The van der Waals surface area contributed by atoms with Crippen molar-refractivity contribution in [1.82, 2.24) is 9.88 Å². The minimum absolute atomic E-state index is 0.0932. The van der Waals surface area contributed by atoms with Crippen molar-refractivity contribution < 1.29 is 4.79 Å². The molecule has 0 N–H and O–H groups in total. The molecule has 1 aromatic heterocycles. The summed E-state index contributed by atoms with van der Waals surface area (Å²) in [6, 6.07) is 10.4. The lowest BCUT2D eigenvalue weighted by Gasteiger charge is -2.34. The van der Waals surface area contributed by atoms with Crippen LogP contribution in [0.2, 0.25) is 0 Å². The fourth-order valence-corrected chi connectivity index (χ4v) is 3.15. The molecule has 1 unspecified atom stereocenters. The molecule has 2 aromatic rings. The molecule has 0 spiro atoms. The molecule has 3 heteroatoms. The largest absolute Gasteiger partial charge is 0.298 e. The maximum Gasteiger partial charge on any atom is 0.146 e. The average Bonchev–Trinajstić information content (AvgIpc) is 2.48. The van der Waals surface area contributed by atoms with Gasteiger partial charge in [0.25, 0.3) is 0 Å². The van der Waals surface area contributed by atoms with Gasteiger partial charge in [0.05, 0.1) is 11.6 Å². The minimum Gasteiger partial charge on any atom is -0.298 e. The van der Waals surface area contributed by atoms with E-state index in [9.17, 15) is 4.79 Å². The van der Waals surface area contributed by atoms with Crippen LogP contribution in [0.5, 0.6) is 0 Å². The van der Waals surface area contributed by atoms with Crippen LogP contribution in [-0.4, -0.2) is 28.3 Å². The molecule has 1 aliphatic heterocycles. The molecule has 1 fully saturated rings. The number of piperidine rings is 1. The molecule has 0 aliphatic carbocycles. The van der Waals surface area contributed by atoms with Crippen molar-refractivity contribution in [2.45, 2.75) is 38.8 Å². The first-order valence-electron chi connectivity index (χ1n) is 7.33. The van der Waals surface area contributed by atoms with Gasteiger partial charge in [0.15, 0.2) is 0 Å². The van der Waals surface area contributed by atoms with Gasteiger partial charge in [0, 0.05) is 18.1 Å². The van der Waals surface area contributed by atoms with Crippen LogP contribution in [-0.2, 0) is 11.3 Å². The van der Waals surface area contributed by atoms with E-state index in [0.29, 0.717) is 5.78 Å². The average molecular weight is 268 g/mol. The predicted octanol–water partition coefficient (Wildman–Crippen LogP) is 3.18. The van der Waals surface area contributed by atoms with Crippen molar-refractivity contribution in [3.8, 4) is 0 Å². The Morgan fingerprint density at radius 1 is 1.30 bits per heavy atom. The third-order valence-corrected chi connectivity index (χ3v) is 4.20. The summed E-state index contributed by atoms with van der Waals surface area (Å²) >= 11 is 0. The number of benzene rings is 1. The van der Waals surface area contributed by atoms with Gasteiger partial charge in [-0.3, -0.25) is 14.7 Å². The number of fused-ring (bicyclic) bond motifs is 1. The lowest BCUT2D eigenvalue weighted by molar-refractivity contribution is -0.123. The van der Waals surface area contributed by atoms with E-state index in [0.717, 1.165) is 31.4 Å². The number of Topliss-reactive ketones (excluding diaryl/α,β-unsaturated/α-hetero) is 1. The number of aromatic nitrogens is 1. The van der Waals surface area contributed by atoms with Crippen molar-refractivity contribution in [3.05, 3.63) is 42.1 Å². The van der Waals surface area contributed by atoms with Gasteiger partial charge in [-0.2, -0.15) is 0 Å². The normalized spacial score (nSPS) is 20.1. The molecule has 1 saturated heterocycles. The zero-order valence-corrected chi connectivity index (χ0v) is 11.9. The van der Waals surface area contributed by atoms with E-state index in [2.05, 4.69) is 22.0 Å². The van der Waals surface area contributed by atoms with E-state index in [1.807, 2.05) is 24.4 Å². The van der Waals surface area contributed by atoms with Gasteiger partial charge in [0.2, 0.25) is 0 Å². The molecule has 0 radical (unpaired) electrons. The van der Waals surface area contributed by atoms with Crippen molar-refractivity contribution in [2.75, 3.05) is 6.54 Å². The van der Waals surface area contributed by atoms with Crippen molar-refractivity contribution >= 4 is 16.7 Å². The first-order valence-corrected chi connectivity index (χ1v) is 7.33. The molecule has 1 atom stereocenters. The van der Waals surface area contributed by atoms with Crippen molar-refractivity contribution in [3.63, 3.8) is 0 Å². The molecule has 1 aliphatic rings. The van der Waals surface area contributed by atoms with E-state index in [1.165, 1.54) is 17.4 Å². The molecule has 20 heavy (non-hydrogen) atoms. The van der Waals surface area contributed by atoms with Crippen LogP contribution in [0.1, 0.15) is 31.7 Å². The standard InChI is InChI=1S/C17H20N2O/c1-13(20)17-8-4-5-11-19(17)12-14-9-10-18-16-7-3-2-6-15(14)16/h2-3,6-7,9-10,17H,4-5,8,11-12H2,1H3. The first kappa shape index (κ1) is 13.3. The van der Waals surface area contributed by atoms with Crippen molar-refractivity contribution in [2.24, 2.45) is 0 Å². The Hall–Kier alpha value is -1.74. The lowest BCUT2D eigenvalue weighted by atomic mass is 9.98. The predicted molar refractivity (Wildman–Crippen MR) is 80.5 cm³/mol. The van der Waals surface area contributed by atoms with Gasteiger partial charge >= 0.3 is 0 Å². The number of ketones is 1. The van der Waals surface area contributed by atoms with E-state index in [1.54, 1.807) is 6.92 Å². The highest BCUT2D eigenvalue weighted by Gasteiger charge is 2.26. The number of pyridine rings is 1. The highest BCUT2D eigenvalue weighted by Crippen LogP contribution is 2.23. The van der Waals surface area contributed by atoms with Crippen molar-refractivity contribution in [1.29, 1.82) is 0 Å². The zero-order valence-electron chi connectivity index (χ0n) is 11.9. The molecular weight excluding hydrogens is 248 g/mol. The summed E-state index contributed by atoms with van der Waals surface area (Å²) in [6.45, 7) is 3.57. The quantitative estimate of drug-likeness (QED) is 0.857. The second-order valence-electron chi connectivity index (χ2n) is 5.58. The number of likely N-dealkylation sites (tertiary alicyclic amines) is 1. The molecule has 0 bridgehead atoms. The summed E-state index contributed by atoms with van der Waals surface area (Å²) < 4.78 is 0. The molecular formula is C17H20N2O. The Bertz CT molecular complexity index is 618. The number of hydrogen-bond acceptors (Lipinski definition) is 3. The smallest absolute Gasteiger partial charge is 0.146 e. The van der Waals surface area contributed by atoms with Crippen LogP contribution in [0.15, 0.2) is 36.5 Å². The molecule has 104 valence electrons. The second-order valence-corrected chi connectivity index (χ2v) is 5.58. The summed E-state index contributed by atoms with van der Waals surface area (Å²) in [6.07, 6.45) is 5.22. The number of carbonyl (C=O) groups excluding carboxylic acids is 1. The Labute approximate surface area is 119 Å². The van der Waals surface area contributed by atoms with Gasteiger partial charge in [-0.1, -0.05) is 24.6 Å². The zero-order chi connectivity index (χ0) is 13.9. The highest BCUT2D eigenvalue weighted by molar-refractivity contribution is 5.83. The van der Waals surface area contributed by atoms with Crippen LogP contribution in [0.3, 0.4) is 0 Å². The van der Waals surface area contributed by atoms with Crippen LogP contribution in [0.4, 0.5) is 0 Å². The maximum absolute atomic E-state index is 11.8. The Balaban J connectivity index is 1.90. The van der Waals surface area contributed by atoms with Gasteiger partial charge in [0.1, 0.15) is 5.78 Å². The van der Waals surface area contributed by atoms with E-state index < -0.39 is 0 Å². The third kappa shape index (κ3) is 2.59. The molecule has 0 amide bonds. The number of rotatable bonds is 3. The summed E-state index contributed by atoms with van der Waals surface area (Å²) in [7, 11) is 0. The summed E-state index contributed by atoms with van der Waals surface area (Å²) in [5.74, 6) is 0.295. The SMILES string of the molecule is CC(=O)C1CCCCN1Cc1ccnc2ccccc12. The number of para-hydroxylation sites is 1. The van der Waals surface area contributed by atoms with Gasteiger partial charge < -0.3 is 0 Å². The summed E-state index contributed by atoms with van der Waals surface area (Å²) in [5, 5.41) is 1.20. The molecule has 3 rings (SSSR count). The van der Waals surface area contributed by atoms with Gasteiger partial charge in [-0.05, 0) is 44.0 Å². The third-order valence-electron chi connectivity index (χ3n) is 4.20. The van der Waals surface area contributed by atoms with Crippen LogP contribution >= 0.6 is 0 Å². The first-order chi connectivity index (χ1) is 9.75. The molecule has 1 aromatic carbocycles. The number of carbonyl (C=O) groups is 1. The minimum atomic E-state index is 0.0932. The monoisotopic (exact) mass is 268 g/mol. The molecule has 2 heterocycles. The summed E-state index contributed by atoms with van der Waals surface area (Å²) in [4.78, 5) is 18.5. The molecule has 0 saturated carbocycles. The molecule has 3 nitrogen and oxygen atoms in total. The van der Waals surface area contributed by atoms with E-state index in [4.69, 9.17) is 0 Å². The van der Waals surface area contributed by atoms with Crippen LogP contribution < -0.4 is 0 Å². The van der Waals surface area contributed by atoms with Crippen LogP contribution in [0.25, 0.3) is 10.9 Å². The second kappa shape index (κ2) is 5.71. The number of nitrogens with zero attached hydrogens (tertiary/aromatic N) is 2. The Morgan fingerprint density at radius 3 is 3.00 bits per heavy atom. The summed E-state index contributed by atoms with van der Waals surface area (Å²) in [5.41, 5.74) is 2.30. The van der Waals surface area contributed by atoms with Gasteiger partial charge in [-0.15, -0.1) is 0 Å². The Kier molecular flexibility index (Phi) is 3.79. The number of hydrogen-bond donors (Lipinski definition) is 0. The fourth-order valence-electron chi connectivity index (χ4n) is 3.15. The van der Waals surface area contributed by atoms with E-state index >= 15 is 0 Å². The van der Waals surface area contributed by atoms with Crippen LogP contribution in [0, 0.1) is 0 Å². The van der Waals surface area contributed by atoms with Gasteiger partial charge in [-0.25, -0.2) is 0 Å². The topological polar surface area (TPSA) is 33.2 Å².